The molecular formula is C12H13ClN2O. The van der Waals surface area contributed by atoms with E-state index in [-0.39, 0.29) is 6.10 Å². The van der Waals surface area contributed by atoms with Gasteiger partial charge in [0.15, 0.2) is 0 Å². The molecule has 1 N–H and O–H groups in total. The Morgan fingerprint density at radius 1 is 1.50 bits per heavy atom. The predicted octanol–water partition coefficient (Wildman–Crippen LogP) is 2.34. The van der Waals surface area contributed by atoms with E-state index in [0.29, 0.717) is 16.3 Å². The lowest BCUT2D eigenvalue weighted by Gasteiger charge is -2.24. The minimum Gasteiger partial charge on any atom is -0.488 e. The maximum Gasteiger partial charge on any atom is 0.139 e. The van der Waals surface area contributed by atoms with Gasteiger partial charge in [-0.3, -0.25) is 0 Å². The number of halogens is 1. The molecule has 0 amide bonds. The van der Waals surface area contributed by atoms with E-state index < -0.39 is 0 Å². The van der Waals surface area contributed by atoms with Crippen LogP contribution in [0.2, 0.25) is 5.02 Å². The Morgan fingerprint density at radius 3 is 3.06 bits per heavy atom. The van der Waals surface area contributed by atoms with Crippen LogP contribution in [0.15, 0.2) is 18.2 Å². The summed E-state index contributed by atoms with van der Waals surface area (Å²) in [6.45, 7) is 1.87. The first kappa shape index (κ1) is 11.3. The summed E-state index contributed by atoms with van der Waals surface area (Å²) in [5.41, 5.74) is 0.537. The van der Waals surface area contributed by atoms with Gasteiger partial charge >= 0.3 is 0 Å². The Kier molecular flexibility index (Phi) is 3.66. The Morgan fingerprint density at radius 2 is 2.38 bits per heavy atom. The van der Waals surface area contributed by atoms with Crippen molar-refractivity contribution in [3.8, 4) is 11.8 Å². The van der Waals surface area contributed by atoms with Crippen molar-refractivity contribution in [2.45, 2.75) is 18.9 Å². The fourth-order valence-electron chi connectivity index (χ4n) is 1.79. The molecule has 0 spiro atoms. The van der Waals surface area contributed by atoms with Gasteiger partial charge in [0.2, 0.25) is 0 Å². The lowest BCUT2D eigenvalue weighted by molar-refractivity contribution is 0.166. The van der Waals surface area contributed by atoms with Gasteiger partial charge in [0.05, 0.1) is 5.56 Å². The molecule has 1 unspecified atom stereocenters. The van der Waals surface area contributed by atoms with Gasteiger partial charge in [-0.25, -0.2) is 0 Å². The Bertz CT molecular complexity index is 408. The van der Waals surface area contributed by atoms with Crippen LogP contribution in [0.25, 0.3) is 0 Å². The first-order valence-electron chi connectivity index (χ1n) is 5.36. The van der Waals surface area contributed by atoms with Crippen LogP contribution in [0, 0.1) is 11.3 Å². The maximum atomic E-state index is 8.95. The molecule has 0 bridgehead atoms. The second kappa shape index (κ2) is 5.20. The Balaban J connectivity index is 2.13. The van der Waals surface area contributed by atoms with Gasteiger partial charge in [-0.2, -0.15) is 5.26 Å². The number of nitriles is 1. The van der Waals surface area contributed by atoms with Gasteiger partial charge in [0.1, 0.15) is 17.9 Å². The third-order valence-corrected chi connectivity index (χ3v) is 2.84. The van der Waals surface area contributed by atoms with Crippen LogP contribution >= 0.6 is 11.6 Å². The summed E-state index contributed by atoms with van der Waals surface area (Å²) in [4.78, 5) is 0. The van der Waals surface area contributed by atoms with Crippen LogP contribution in [0.1, 0.15) is 18.4 Å². The number of piperidine rings is 1. The average Bonchev–Trinajstić information content (AvgIpc) is 2.31. The second-order valence-corrected chi connectivity index (χ2v) is 4.27. The number of nitrogens with zero attached hydrogens (tertiary/aromatic N) is 1. The van der Waals surface area contributed by atoms with Gasteiger partial charge in [0, 0.05) is 17.6 Å². The normalized spacial score (nSPS) is 20.1. The molecule has 1 atom stereocenters. The SMILES string of the molecule is N#Cc1ccc(Cl)cc1OC1CCCNC1. The molecule has 84 valence electrons. The molecule has 1 aliphatic heterocycles. The summed E-state index contributed by atoms with van der Waals surface area (Å²) in [6, 6.07) is 7.20. The highest BCUT2D eigenvalue weighted by Crippen LogP contribution is 2.24. The average molecular weight is 237 g/mol. The predicted molar refractivity (Wildman–Crippen MR) is 62.7 cm³/mol. The van der Waals surface area contributed by atoms with Crippen molar-refractivity contribution in [2.24, 2.45) is 0 Å². The molecule has 4 heteroatoms. The molecular weight excluding hydrogens is 224 g/mol. The van der Waals surface area contributed by atoms with Gasteiger partial charge in [0.25, 0.3) is 0 Å². The molecule has 2 rings (SSSR count). The zero-order valence-corrected chi connectivity index (χ0v) is 9.63. The summed E-state index contributed by atoms with van der Waals surface area (Å²) in [7, 11) is 0. The first-order valence-corrected chi connectivity index (χ1v) is 5.74. The van der Waals surface area contributed by atoms with Crippen LogP contribution in [-0.4, -0.2) is 19.2 Å². The van der Waals surface area contributed by atoms with Crippen molar-refractivity contribution in [1.82, 2.24) is 5.32 Å². The number of ether oxygens (including phenoxy) is 1. The lowest BCUT2D eigenvalue weighted by Crippen LogP contribution is -2.37. The van der Waals surface area contributed by atoms with Crippen LogP contribution < -0.4 is 10.1 Å². The molecule has 0 radical (unpaired) electrons. The molecule has 16 heavy (non-hydrogen) atoms. The van der Waals surface area contributed by atoms with Crippen molar-refractivity contribution in [3.05, 3.63) is 28.8 Å². The van der Waals surface area contributed by atoms with Crippen molar-refractivity contribution in [3.63, 3.8) is 0 Å². The standard InChI is InChI=1S/C12H13ClN2O/c13-10-4-3-9(7-14)12(6-10)16-11-2-1-5-15-8-11/h3-4,6,11,15H,1-2,5,8H2. The van der Waals surface area contributed by atoms with E-state index >= 15 is 0 Å². The topological polar surface area (TPSA) is 45.0 Å². The maximum absolute atomic E-state index is 8.95. The fraction of sp³-hybridized carbons (Fsp3) is 0.417. The smallest absolute Gasteiger partial charge is 0.139 e. The Labute approximate surface area is 100.0 Å². The molecule has 1 aliphatic rings. The van der Waals surface area contributed by atoms with Gasteiger partial charge in [-0.1, -0.05) is 11.6 Å². The Hall–Kier alpha value is -1.24. The monoisotopic (exact) mass is 236 g/mol. The third kappa shape index (κ3) is 2.66. The second-order valence-electron chi connectivity index (χ2n) is 3.84. The molecule has 1 saturated heterocycles. The number of rotatable bonds is 2. The van der Waals surface area contributed by atoms with E-state index in [1.165, 1.54) is 0 Å². The number of nitrogens with one attached hydrogen (secondary N) is 1. The van der Waals surface area contributed by atoms with Gasteiger partial charge < -0.3 is 10.1 Å². The van der Waals surface area contributed by atoms with Crippen LogP contribution in [0.3, 0.4) is 0 Å². The highest BCUT2D eigenvalue weighted by Gasteiger charge is 2.16. The van der Waals surface area contributed by atoms with Crippen molar-refractivity contribution >= 4 is 11.6 Å². The summed E-state index contributed by atoms with van der Waals surface area (Å²) in [5.74, 6) is 0.587. The highest BCUT2D eigenvalue weighted by atomic mass is 35.5. The summed E-state index contributed by atoms with van der Waals surface area (Å²) in [5, 5.41) is 12.8. The molecule has 1 aromatic carbocycles. The molecule has 0 aromatic heterocycles. The van der Waals surface area contributed by atoms with Crippen molar-refractivity contribution in [1.29, 1.82) is 5.26 Å². The molecule has 1 fully saturated rings. The quantitative estimate of drug-likeness (QED) is 0.857. The lowest BCUT2D eigenvalue weighted by atomic mass is 10.1. The summed E-state index contributed by atoms with van der Waals surface area (Å²) < 4.78 is 5.79. The van der Waals surface area contributed by atoms with Crippen LogP contribution in [-0.2, 0) is 0 Å². The van der Waals surface area contributed by atoms with E-state index in [2.05, 4.69) is 11.4 Å². The minimum atomic E-state index is 0.138. The van der Waals surface area contributed by atoms with Crippen LogP contribution in [0.4, 0.5) is 0 Å². The summed E-state index contributed by atoms with van der Waals surface area (Å²) in [6.07, 6.45) is 2.26. The fourth-order valence-corrected chi connectivity index (χ4v) is 1.95. The molecule has 0 saturated carbocycles. The molecule has 3 nitrogen and oxygen atoms in total. The van der Waals surface area contributed by atoms with Gasteiger partial charge in [-0.15, -0.1) is 0 Å². The van der Waals surface area contributed by atoms with E-state index in [9.17, 15) is 0 Å². The molecule has 1 heterocycles. The van der Waals surface area contributed by atoms with Crippen molar-refractivity contribution in [2.75, 3.05) is 13.1 Å². The largest absolute Gasteiger partial charge is 0.488 e. The minimum absolute atomic E-state index is 0.138. The van der Waals surface area contributed by atoms with E-state index in [0.717, 1.165) is 25.9 Å². The van der Waals surface area contributed by atoms with E-state index in [4.69, 9.17) is 21.6 Å². The zero-order chi connectivity index (χ0) is 11.4. The number of hydrogen-bond acceptors (Lipinski definition) is 3. The number of benzene rings is 1. The van der Waals surface area contributed by atoms with Crippen LogP contribution in [0.5, 0.6) is 5.75 Å². The third-order valence-electron chi connectivity index (χ3n) is 2.61. The molecule has 1 aromatic rings. The zero-order valence-electron chi connectivity index (χ0n) is 8.87. The highest BCUT2D eigenvalue weighted by molar-refractivity contribution is 6.30. The van der Waals surface area contributed by atoms with E-state index in [1.54, 1.807) is 18.2 Å². The van der Waals surface area contributed by atoms with E-state index in [1.807, 2.05) is 0 Å². The molecule has 0 aliphatic carbocycles. The van der Waals surface area contributed by atoms with Gasteiger partial charge in [-0.05, 0) is 31.5 Å². The summed E-state index contributed by atoms with van der Waals surface area (Å²) >= 11 is 5.89. The first-order chi connectivity index (χ1) is 7.79. The number of hydrogen-bond donors (Lipinski definition) is 1. The van der Waals surface area contributed by atoms with Crippen molar-refractivity contribution < 1.29 is 4.74 Å².